The Kier molecular flexibility index (Phi) is 4.24. The molecule has 0 saturated heterocycles. The predicted octanol–water partition coefficient (Wildman–Crippen LogP) is 1.64. The summed E-state index contributed by atoms with van der Waals surface area (Å²) in [5.41, 5.74) is 0. The maximum atomic E-state index is 13.5. The van der Waals surface area contributed by atoms with E-state index in [2.05, 4.69) is 4.72 Å². The Labute approximate surface area is 118 Å². The second kappa shape index (κ2) is 5.64. The molecular weight excluding hydrogens is 311 g/mol. The van der Waals surface area contributed by atoms with Crippen LogP contribution < -0.4 is 4.72 Å². The van der Waals surface area contributed by atoms with Crippen molar-refractivity contribution in [3.8, 4) is 0 Å². The van der Waals surface area contributed by atoms with Crippen LogP contribution in [0.3, 0.4) is 0 Å². The zero-order valence-corrected chi connectivity index (χ0v) is 11.5. The van der Waals surface area contributed by atoms with Crippen molar-refractivity contribution in [2.24, 2.45) is 5.92 Å². The molecule has 1 aromatic rings. The van der Waals surface area contributed by atoms with Gasteiger partial charge >= 0.3 is 5.97 Å². The molecule has 0 amide bonds. The van der Waals surface area contributed by atoms with Gasteiger partial charge in [0.15, 0.2) is 4.90 Å². The lowest BCUT2D eigenvalue weighted by atomic mass is 9.79. The van der Waals surface area contributed by atoms with Gasteiger partial charge in [0.25, 0.3) is 0 Å². The zero-order chi connectivity index (χ0) is 15.8. The molecule has 9 heteroatoms. The van der Waals surface area contributed by atoms with Gasteiger partial charge in [-0.3, -0.25) is 4.79 Å². The Morgan fingerprint density at radius 1 is 1.24 bits per heavy atom. The van der Waals surface area contributed by atoms with Crippen molar-refractivity contribution in [3.63, 3.8) is 0 Å². The molecule has 2 rings (SSSR count). The van der Waals surface area contributed by atoms with E-state index in [1.165, 1.54) is 0 Å². The van der Waals surface area contributed by atoms with Crippen LogP contribution in [0, 0.1) is 23.4 Å². The summed E-state index contributed by atoms with van der Waals surface area (Å²) >= 11 is 0. The lowest BCUT2D eigenvalue weighted by molar-refractivity contribution is -0.138. The number of benzene rings is 1. The van der Waals surface area contributed by atoms with Crippen LogP contribution in [0.1, 0.15) is 19.3 Å². The highest BCUT2D eigenvalue weighted by Crippen LogP contribution is 2.32. The minimum atomic E-state index is -4.46. The second-order valence-electron chi connectivity index (χ2n) is 4.95. The lowest BCUT2D eigenvalue weighted by Crippen LogP contribution is -2.45. The van der Waals surface area contributed by atoms with E-state index < -0.39 is 44.4 Å². The Bertz CT molecular complexity index is 648. The molecule has 1 aliphatic rings. The van der Waals surface area contributed by atoms with Crippen LogP contribution in [0.5, 0.6) is 0 Å². The van der Waals surface area contributed by atoms with Gasteiger partial charge in [0.05, 0.1) is 0 Å². The molecule has 116 valence electrons. The van der Waals surface area contributed by atoms with Crippen LogP contribution >= 0.6 is 0 Å². The zero-order valence-electron chi connectivity index (χ0n) is 10.6. The summed E-state index contributed by atoms with van der Waals surface area (Å²) in [6.07, 6.45) is 0.462. The number of sulfonamides is 1. The average molecular weight is 323 g/mol. The van der Waals surface area contributed by atoms with Gasteiger partial charge in [-0.1, -0.05) is 0 Å². The molecule has 1 saturated carbocycles. The summed E-state index contributed by atoms with van der Waals surface area (Å²) in [6.45, 7) is 0. The third-order valence-electron chi connectivity index (χ3n) is 3.25. The molecule has 0 heterocycles. The van der Waals surface area contributed by atoms with Crippen LogP contribution in [0.4, 0.5) is 13.2 Å². The second-order valence-corrected chi connectivity index (χ2v) is 6.60. The van der Waals surface area contributed by atoms with Crippen molar-refractivity contribution in [1.82, 2.24) is 4.72 Å². The molecular formula is C12H12F3NO4S. The van der Waals surface area contributed by atoms with E-state index >= 15 is 0 Å². The fourth-order valence-corrected chi connectivity index (χ4v) is 3.69. The average Bonchev–Trinajstić information content (AvgIpc) is 2.22. The maximum absolute atomic E-state index is 13.5. The summed E-state index contributed by atoms with van der Waals surface area (Å²) in [4.78, 5) is 9.23. The van der Waals surface area contributed by atoms with Crippen molar-refractivity contribution in [2.45, 2.75) is 30.2 Å². The third-order valence-corrected chi connectivity index (χ3v) is 4.82. The van der Waals surface area contributed by atoms with Gasteiger partial charge in [0.2, 0.25) is 10.0 Å². The molecule has 0 radical (unpaired) electrons. The topological polar surface area (TPSA) is 83.5 Å². The van der Waals surface area contributed by atoms with Crippen molar-refractivity contribution in [1.29, 1.82) is 0 Å². The van der Waals surface area contributed by atoms with Gasteiger partial charge in [0, 0.05) is 24.6 Å². The fourth-order valence-electron chi connectivity index (χ4n) is 2.31. The largest absolute Gasteiger partial charge is 0.481 e. The molecule has 0 aliphatic heterocycles. The maximum Gasteiger partial charge on any atom is 0.303 e. The first kappa shape index (κ1) is 15.8. The van der Waals surface area contributed by atoms with Crippen LogP contribution in [0.15, 0.2) is 17.0 Å². The summed E-state index contributed by atoms with van der Waals surface area (Å²) in [6, 6.07) is -0.0136. The Morgan fingerprint density at radius 2 is 1.76 bits per heavy atom. The van der Waals surface area contributed by atoms with E-state index in [1.807, 2.05) is 0 Å². The quantitative estimate of drug-likeness (QED) is 0.863. The molecule has 1 fully saturated rings. The Morgan fingerprint density at radius 3 is 2.24 bits per heavy atom. The standard InChI is InChI=1S/C12H12F3NO4S/c13-7-4-9(14)12(10(15)5-7)21(19,20)16-8-1-6(2-8)3-11(17)18/h4-6,8,16H,1-3H2,(H,17,18). The fraction of sp³-hybridized carbons (Fsp3) is 0.417. The number of hydrogen-bond donors (Lipinski definition) is 2. The number of hydrogen-bond acceptors (Lipinski definition) is 3. The molecule has 1 aliphatic carbocycles. The first-order chi connectivity index (χ1) is 9.69. The third kappa shape index (κ3) is 3.53. The summed E-state index contributed by atoms with van der Waals surface area (Å²) in [5, 5.41) is 8.57. The van der Waals surface area contributed by atoms with E-state index in [9.17, 15) is 26.4 Å². The summed E-state index contributed by atoms with van der Waals surface area (Å²) in [7, 11) is -4.46. The summed E-state index contributed by atoms with van der Waals surface area (Å²) < 4.78 is 65.5. The number of halogens is 3. The molecule has 0 aromatic heterocycles. The highest BCUT2D eigenvalue weighted by molar-refractivity contribution is 7.89. The molecule has 0 atom stereocenters. The van der Waals surface area contributed by atoms with E-state index in [-0.39, 0.29) is 37.3 Å². The van der Waals surface area contributed by atoms with E-state index in [0.29, 0.717) is 0 Å². The number of carboxylic acids is 1. The summed E-state index contributed by atoms with van der Waals surface area (Å²) in [5.74, 6) is -5.40. The van der Waals surface area contributed by atoms with Crippen molar-refractivity contribution < 1.29 is 31.5 Å². The van der Waals surface area contributed by atoms with Crippen molar-refractivity contribution in [2.75, 3.05) is 0 Å². The predicted molar refractivity (Wildman–Crippen MR) is 65.4 cm³/mol. The molecule has 2 N–H and O–H groups in total. The minimum absolute atomic E-state index is 0.0858. The van der Waals surface area contributed by atoms with Gasteiger partial charge in [-0.2, -0.15) is 0 Å². The molecule has 0 bridgehead atoms. The highest BCUT2D eigenvalue weighted by Gasteiger charge is 2.35. The van der Waals surface area contributed by atoms with E-state index in [4.69, 9.17) is 5.11 Å². The van der Waals surface area contributed by atoms with E-state index in [1.54, 1.807) is 0 Å². The van der Waals surface area contributed by atoms with E-state index in [0.717, 1.165) is 0 Å². The van der Waals surface area contributed by atoms with Crippen LogP contribution in [0.2, 0.25) is 0 Å². The smallest absolute Gasteiger partial charge is 0.303 e. The number of carboxylic acid groups (broad SMARTS) is 1. The number of nitrogens with one attached hydrogen (secondary N) is 1. The molecule has 0 unspecified atom stereocenters. The van der Waals surface area contributed by atoms with Gasteiger partial charge in [-0.15, -0.1) is 0 Å². The lowest BCUT2D eigenvalue weighted by Gasteiger charge is -2.34. The van der Waals surface area contributed by atoms with Gasteiger partial charge < -0.3 is 5.11 Å². The Hall–Kier alpha value is -1.61. The minimum Gasteiger partial charge on any atom is -0.481 e. The van der Waals surface area contributed by atoms with Gasteiger partial charge in [-0.25, -0.2) is 26.3 Å². The SMILES string of the molecule is O=C(O)CC1CC(NS(=O)(=O)c2c(F)cc(F)cc2F)C1. The molecule has 0 spiro atoms. The monoisotopic (exact) mass is 323 g/mol. The normalized spacial score (nSPS) is 21.9. The van der Waals surface area contributed by atoms with Gasteiger partial charge in [0.1, 0.15) is 17.5 Å². The van der Waals surface area contributed by atoms with Crippen LogP contribution in [-0.2, 0) is 14.8 Å². The Balaban J connectivity index is 2.09. The number of aliphatic carboxylic acids is 1. The van der Waals surface area contributed by atoms with Crippen molar-refractivity contribution >= 4 is 16.0 Å². The first-order valence-corrected chi connectivity index (χ1v) is 7.56. The first-order valence-electron chi connectivity index (χ1n) is 6.07. The highest BCUT2D eigenvalue weighted by atomic mass is 32.2. The molecule has 1 aromatic carbocycles. The molecule has 5 nitrogen and oxygen atoms in total. The molecule has 21 heavy (non-hydrogen) atoms. The number of carbonyl (C=O) groups is 1. The van der Waals surface area contributed by atoms with Crippen LogP contribution in [0.25, 0.3) is 0 Å². The number of rotatable bonds is 5. The van der Waals surface area contributed by atoms with Crippen LogP contribution in [-0.4, -0.2) is 25.5 Å². The van der Waals surface area contributed by atoms with Gasteiger partial charge in [-0.05, 0) is 18.8 Å². The van der Waals surface area contributed by atoms with Crippen molar-refractivity contribution in [3.05, 3.63) is 29.6 Å².